The zero-order chi connectivity index (χ0) is 14.2. The van der Waals surface area contributed by atoms with E-state index in [0.717, 1.165) is 41.4 Å². The molecule has 0 atom stereocenters. The average Bonchev–Trinajstić information content (AvgIpc) is 3.23. The van der Waals surface area contributed by atoms with Crippen LogP contribution in [0, 0.1) is 6.92 Å². The van der Waals surface area contributed by atoms with E-state index >= 15 is 0 Å². The number of nitrogens with one attached hydrogen (secondary N) is 1. The summed E-state index contributed by atoms with van der Waals surface area (Å²) in [5.41, 5.74) is 3.46. The zero-order valence-electron chi connectivity index (χ0n) is 11.8. The molecule has 20 heavy (non-hydrogen) atoms. The molecular formula is C16H18ClN3. The molecule has 1 saturated carbocycles. The Balaban J connectivity index is 1.85. The van der Waals surface area contributed by atoms with Crippen LogP contribution < -0.4 is 5.32 Å². The first-order valence-electron chi connectivity index (χ1n) is 7.00. The third-order valence-corrected chi connectivity index (χ3v) is 4.15. The van der Waals surface area contributed by atoms with E-state index in [2.05, 4.69) is 47.6 Å². The quantitative estimate of drug-likeness (QED) is 0.920. The van der Waals surface area contributed by atoms with Gasteiger partial charge in [-0.1, -0.05) is 30.7 Å². The van der Waals surface area contributed by atoms with E-state index in [4.69, 9.17) is 11.6 Å². The number of aromatic nitrogens is 2. The number of aryl methyl sites for hydroxylation is 2. The summed E-state index contributed by atoms with van der Waals surface area (Å²) in [4.78, 5) is 0. The van der Waals surface area contributed by atoms with Crippen LogP contribution in [0.5, 0.6) is 0 Å². The lowest BCUT2D eigenvalue weighted by molar-refractivity contribution is 0.783. The van der Waals surface area contributed by atoms with Crippen molar-refractivity contribution in [3.63, 3.8) is 0 Å². The van der Waals surface area contributed by atoms with Crippen molar-refractivity contribution in [2.24, 2.45) is 0 Å². The summed E-state index contributed by atoms with van der Waals surface area (Å²) in [6.45, 7) is 4.17. The van der Waals surface area contributed by atoms with Crippen LogP contribution in [0.25, 0.3) is 0 Å². The molecule has 1 N–H and O–H groups in total. The molecule has 2 aromatic rings. The molecule has 1 fully saturated rings. The second-order valence-electron chi connectivity index (χ2n) is 5.43. The van der Waals surface area contributed by atoms with Gasteiger partial charge >= 0.3 is 0 Å². The molecule has 0 radical (unpaired) electrons. The summed E-state index contributed by atoms with van der Waals surface area (Å²) in [6, 6.07) is 10.2. The van der Waals surface area contributed by atoms with E-state index in [9.17, 15) is 0 Å². The highest BCUT2D eigenvalue weighted by molar-refractivity contribution is 6.30. The molecule has 1 aliphatic carbocycles. The molecule has 0 bridgehead atoms. The summed E-state index contributed by atoms with van der Waals surface area (Å²) >= 11 is 5.96. The molecule has 0 saturated heterocycles. The Hall–Kier alpha value is -1.61. The third-order valence-electron chi connectivity index (χ3n) is 3.90. The first-order chi connectivity index (χ1) is 9.63. The largest absolute Gasteiger partial charge is 0.359 e. The van der Waals surface area contributed by atoms with Crippen LogP contribution in [0.15, 0.2) is 30.3 Å². The standard InChI is InChI=1S/C16H18ClN3/c1-3-14-10-11(2)15(20-19-14)18-16(8-9-16)12-4-6-13(17)7-5-12/h4-7,10H,3,8-9H2,1-2H3,(H,18,20). The van der Waals surface area contributed by atoms with Crippen LogP contribution in [-0.2, 0) is 12.0 Å². The van der Waals surface area contributed by atoms with Crippen molar-refractivity contribution < 1.29 is 0 Å². The molecule has 0 unspecified atom stereocenters. The molecule has 104 valence electrons. The maximum atomic E-state index is 5.96. The fourth-order valence-electron chi connectivity index (χ4n) is 2.44. The molecule has 0 amide bonds. The molecule has 1 heterocycles. The summed E-state index contributed by atoms with van der Waals surface area (Å²) in [5, 5.41) is 12.9. The van der Waals surface area contributed by atoms with Gasteiger partial charge in [-0.15, -0.1) is 5.10 Å². The fourth-order valence-corrected chi connectivity index (χ4v) is 2.57. The number of rotatable bonds is 4. The number of hydrogen-bond donors (Lipinski definition) is 1. The highest BCUT2D eigenvalue weighted by atomic mass is 35.5. The molecular weight excluding hydrogens is 270 g/mol. The molecule has 3 nitrogen and oxygen atoms in total. The third kappa shape index (κ3) is 2.50. The topological polar surface area (TPSA) is 37.8 Å². The Kier molecular flexibility index (Phi) is 3.38. The molecule has 0 spiro atoms. The number of anilines is 1. The van der Waals surface area contributed by atoms with Crippen LogP contribution in [0.2, 0.25) is 5.02 Å². The summed E-state index contributed by atoms with van der Waals surface area (Å²) in [6.07, 6.45) is 3.15. The first-order valence-corrected chi connectivity index (χ1v) is 7.38. The molecule has 0 aliphatic heterocycles. The van der Waals surface area contributed by atoms with Gasteiger partial charge in [-0.2, -0.15) is 5.10 Å². The Morgan fingerprint density at radius 3 is 2.45 bits per heavy atom. The normalized spacial score (nSPS) is 15.9. The lowest BCUT2D eigenvalue weighted by atomic mass is 10.0. The Morgan fingerprint density at radius 2 is 1.90 bits per heavy atom. The van der Waals surface area contributed by atoms with Crippen molar-refractivity contribution in [1.29, 1.82) is 0 Å². The Morgan fingerprint density at radius 1 is 1.20 bits per heavy atom. The van der Waals surface area contributed by atoms with Crippen molar-refractivity contribution in [3.05, 3.63) is 52.2 Å². The van der Waals surface area contributed by atoms with E-state index in [-0.39, 0.29) is 5.54 Å². The molecule has 4 heteroatoms. The van der Waals surface area contributed by atoms with Gasteiger partial charge in [-0.25, -0.2) is 0 Å². The monoisotopic (exact) mass is 287 g/mol. The van der Waals surface area contributed by atoms with Gasteiger partial charge in [-0.3, -0.25) is 0 Å². The fraction of sp³-hybridized carbons (Fsp3) is 0.375. The SMILES string of the molecule is CCc1cc(C)c(NC2(c3ccc(Cl)cc3)CC2)nn1. The second kappa shape index (κ2) is 5.06. The minimum absolute atomic E-state index is 0.0117. The van der Waals surface area contributed by atoms with Crippen LogP contribution >= 0.6 is 11.6 Å². The minimum Gasteiger partial charge on any atom is -0.359 e. The van der Waals surface area contributed by atoms with Gasteiger partial charge in [0.15, 0.2) is 5.82 Å². The van der Waals surface area contributed by atoms with Crippen molar-refractivity contribution in [2.75, 3.05) is 5.32 Å². The average molecular weight is 288 g/mol. The van der Waals surface area contributed by atoms with Gasteiger partial charge in [0.25, 0.3) is 0 Å². The predicted molar refractivity (Wildman–Crippen MR) is 82.1 cm³/mol. The van der Waals surface area contributed by atoms with Crippen molar-refractivity contribution in [3.8, 4) is 0 Å². The van der Waals surface area contributed by atoms with Crippen LogP contribution in [-0.4, -0.2) is 10.2 Å². The van der Waals surface area contributed by atoms with E-state index in [1.165, 1.54) is 5.56 Å². The lowest BCUT2D eigenvalue weighted by Gasteiger charge is -2.19. The van der Waals surface area contributed by atoms with Gasteiger partial charge in [0.1, 0.15) is 0 Å². The van der Waals surface area contributed by atoms with Gasteiger partial charge in [0.2, 0.25) is 0 Å². The van der Waals surface area contributed by atoms with E-state index in [1.54, 1.807) is 0 Å². The molecule has 1 aromatic heterocycles. The Bertz CT molecular complexity index is 618. The van der Waals surface area contributed by atoms with Gasteiger partial charge in [-0.05, 0) is 55.5 Å². The van der Waals surface area contributed by atoms with Crippen LogP contribution in [0.1, 0.15) is 36.6 Å². The van der Waals surface area contributed by atoms with E-state index in [0.29, 0.717) is 0 Å². The number of benzene rings is 1. The van der Waals surface area contributed by atoms with Crippen LogP contribution in [0.3, 0.4) is 0 Å². The predicted octanol–water partition coefficient (Wildman–Crippen LogP) is 4.10. The highest BCUT2D eigenvalue weighted by Gasteiger charge is 2.44. The summed E-state index contributed by atoms with van der Waals surface area (Å²) in [5.74, 6) is 0.884. The van der Waals surface area contributed by atoms with Gasteiger partial charge in [0, 0.05) is 5.02 Å². The second-order valence-corrected chi connectivity index (χ2v) is 5.87. The van der Waals surface area contributed by atoms with Gasteiger partial charge < -0.3 is 5.32 Å². The van der Waals surface area contributed by atoms with Crippen LogP contribution in [0.4, 0.5) is 5.82 Å². The van der Waals surface area contributed by atoms with Crippen molar-refractivity contribution >= 4 is 17.4 Å². The van der Waals surface area contributed by atoms with Gasteiger partial charge in [0.05, 0.1) is 11.2 Å². The van der Waals surface area contributed by atoms with E-state index < -0.39 is 0 Å². The maximum Gasteiger partial charge on any atom is 0.152 e. The number of nitrogens with zero attached hydrogens (tertiary/aromatic N) is 2. The smallest absolute Gasteiger partial charge is 0.152 e. The molecule has 3 rings (SSSR count). The Labute approximate surface area is 124 Å². The van der Waals surface area contributed by atoms with Crippen molar-refractivity contribution in [2.45, 2.75) is 38.6 Å². The summed E-state index contributed by atoms with van der Waals surface area (Å²) < 4.78 is 0. The molecule has 1 aliphatic rings. The number of halogens is 1. The zero-order valence-corrected chi connectivity index (χ0v) is 12.5. The highest BCUT2D eigenvalue weighted by Crippen LogP contribution is 2.48. The number of hydrogen-bond acceptors (Lipinski definition) is 3. The van der Waals surface area contributed by atoms with E-state index in [1.807, 2.05) is 12.1 Å². The lowest BCUT2D eigenvalue weighted by Crippen LogP contribution is -2.20. The van der Waals surface area contributed by atoms with Crippen molar-refractivity contribution in [1.82, 2.24) is 10.2 Å². The maximum absolute atomic E-state index is 5.96. The minimum atomic E-state index is 0.0117. The first kappa shape index (κ1) is 13.4. The molecule has 1 aromatic carbocycles. The summed E-state index contributed by atoms with van der Waals surface area (Å²) in [7, 11) is 0.